The van der Waals surface area contributed by atoms with Crippen molar-refractivity contribution < 1.29 is 23.9 Å². The van der Waals surface area contributed by atoms with Gasteiger partial charge in [0.1, 0.15) is 19.5 Å². The molecule has 0 atom stereocenters. The predicted molar refractivity (Wildman–Crippen MR) is 90.0 cm³/mol. The van der Waals surface area contributed by atoms with Gasteiger partial charge < -0.3 is 14.8 Å². The van der Waals surface area contributed by atoms with E-state index in [4.69, 9.17) is 9.47 Å². The lowest BCUT2D eigenvalue weighted by Crippen LogP contribution is -2.38. The molecule has 0 aromatic carbocycles. The van der Waals surface area contributed by atoms with Crippen LogP contribution in [0.15, 0.2) is 34.4 Å². The monoisotopic (exact) mass is 366 g/mol. The summed E-state index contributed by atoms with van der Waals surface area (Å²) in [6, 6.07) is 3.75. The molecule has 3 rings (SSSR count). The number of carbonyl (C=O) groups excluding carboxylic acids is 3. The van der Waals surface area contributed by atoms with Crippen LogP contribution in [-0.2, 0) is 19.1 Å². The van der Waals surface area contributed by atoms with Gasteiger partial charge >= 0.3 is 0 Å². The zero-order valence-electron chi connectivity index (χ0n) is 12.5. The summed E-state index contributed by atoms with van der Waals surface area (Å²) in [6.45, 7) is 0.968. The molecule has 0 saturated carbocycles. The molecule has 1 fully saturated rings. The summed E-state index contributed by atoms with van der Waals surface area (Å²) in [5.74, 6) is -0.687. The van der Waals surface area contributed by atoms with Crippen LogP contribution in [0.4, 0.5) is 4.79 Å². The second-order valence-electron chi connectivity index (χ2n) is 4.81. The number of thioether (sulfide) groups is 1. The van der Waals surface area contributed by atoms with Crippen LogP contribution in [-0.4, -0.2) is 48.3 Å². The van der Waals surface area contributed by atoms with Crippen LogP contribution in [0.5, 0.6) is 0 Å². The maximum atomic E-state index is 12.3. The summed E-state index contributed by atoms with van der Waals surface area (Å²) in [5, 5.41) is 4.16. The molecular formula is C15H14N2O5S2. The molecule has 7 nitrogen and oxygen atoms in total. The summed E-state index contributed by atoms with van der Waals surface area (Å²) < 4.78 is 10.1. The van der Waals surface area contributed by atoms with E-state index < -0.39 is 5.91 Å². The van der Waals surface area contributed by atoms with Crippen molar-refractivity contribution in [2.75, 3.05) is 26.3 Å². The van der Waals surface area contributed by atoms with Gasteiger partial charge in [-0.25, -0.2) is 0 Å². The van der Waals surface area contributed by atoms with E-state index in [1.165, 1.54) is 17.6 Å². The van der Waals surface area contributed by atoms with Crippen molar-refractivity contribution in [1.29, 1.82) is 0 Å². The maximum absolute atomic E-state index is 12.3. The van der Waals surface area contributed by atoms with Gasteiger partial charge in [-0.2, -0.15) is 0 Å². The lowest BCUT2D eigenvalue weighted by molar-refractivity contribution is -0.124. The Balaban J connectivity index is 1.54. The number of thiophene rings is 1. The first-order valence-corrected chi connectivity index (χ1v) is 8.86. The Morgan fingerprint density at radius 3 is 2.96 bits per heavy atom. The Labute approximate surface area is 146 Å². The summed E-state index contributed by atoms with van der Waals surface area (Å²) in [7, 11) is 0. The largest absolute Gasteiger partial charge is 0.494 e. The van der Waals surface area contributed by atoms with Crippen LogP contribution in [0.3, 0.4) is 0 Å². The van der Waals surface area contributed by atoms with E-state index in [2.05, 4.69) is 5.32 Å². The lowest BCUT2D eigenvalue weighted by Gasteiger charge is -2.16. The number of hydrogen-bond acceptors (Lipinski definition) is 7. The van der Waals surface area contributed by atoms with Crippen molar-refractivity contribution in [2.45, 2.75) is 0 Å². The minimum Gasteiger partial charge on any atom is -0.494 e. The van der Waals surface area contributed by atoms with Crippen molar-refractivity contribution in [3.8, 4) is 0 Å². The van der Waals surface area contributed by atoms with E-state index >= 15 is 0 Å². The van der Waals surface area contributed by atoms with Crippen molar-refractivity contribution in [3.63, 3.8) is 0 Å². The van der Waals surface area contributed by atoms with Crippen LogP contribution in [0.25, 0.3) is 6.08 Å². The number of nitrogens with zero attached hydrogens (tertiary/aromatic N) is 1. The minimum atomic E-state index is -0.434. The van der Waals surface area contributed by atoms with Crippen LogP contribution < -0.4 is 5.32 Å². The van der Waals surface area contributed by atoms with E-state index in [-0.39, 0.29) is 30.0 Å². The quantitative estimate of drug-likeness (QED) is 0.800. The fraction of sp³-hybridized carbons (Fsp3) is 0.267. The topological polar surface area (TPSA) is 84.9 Å². The van der Waals surface area contributed by atoms with E-state index in [0.29, 0.717) is 18.1 Å². The highest BCUT2D eigenvalue weighted by Gasteiger charge is 2.34. The molecule has 0 spiro atoms. The van der Waals surface area contributed by atoms with Gasteiger partial charge in [-0.3, -0.25) is 19.3 Å². The molecule has 1 aromatic heterocycles. The van der Waals surface area contributed by atoms with E-state index in [1.807, 2.05) is 17.5 Å². The summed E-state index contributed by atoms with van der Waals surface area (Å²) in [6.07, 6.45) is 2.95. The Bertz CT molecular complexity index is 711. The van der Waals surface area contributed by atoms with Gasteiger partial charge in [-0.1, -0.05) is 6.07 Å². The van der Waals surface area contributed by atoms with Crippen molar-refractivity contribution in [2.24, 2.45) is 0 Å². The molecule has 3 amide bonds. The third-order valence-electron chi connectivity index (χ3n) is 3.18. The highest BCUT2D eigenvalue weighted by atomic mass is 32.2. The van der Waals surface area contributed by atoms with Crippen molar-refractivity contribution in [3.05, 3.63) is 39.3 Å². The standard InChI is InChI=1S/C15H14N2O5S2/c18-13(11-9-21-5-6-22-11)16-3-4-17-14(19)12(24-15(17)20)8-10-2-1-7-23-10/h1-2,7-9H,3-6H2,(H,16,18)/b12-8-. The molecular weight excluding hydrogens is 352 g/mol. The first-order chi connectivity index (χ1) is 11.6. The molecule has 0 aliphatic carbocycles. The zero-order chi connectivity index (χ0) is 16.9. The molecule has 3 heterocycles. The molecule has 0 bridgehead atoms. The van der Waals surface area contributed by atoms with Crippen LogP contribution >= 0.6 is 23.1 Å². The maximum Gasteiger partial charge on any atom is 0.293 e. The van der Waals surface area contributed by atoms with E-state index in [9.17, 15) is 14.4 Å². The molecule has 1 saturated heterocycles. The van der Waals surface area contributed by atoms with Gasteiger partial charge in [0.05, 0.1) is 4.91 Å². The Morgan fingerprint density at radius 1 is 1.38 bits per heavy atom. The smallest absolute Gasteiger partial charge is 0.293 e. The number of amides is 3. The normalized spacial score (nSPS) is 19.1. The zero-order valence-corrected chi connectivity index (χ0v) is 14.2. The first kappa shape index (κ1) is 16.6. The van der Waals surface area contributed by atoms with Gasteiger partial charge in [-0.05, 0) is 29.3 Å². The van der Waals surface area contributed by atoms with Gasteiger partial charge in [0.15, 0.2) is 0 Å². The highest BCUT2D eigenvalue weighted by Crippen LogP contribution is 2.32. The second-order valence-corrected chi connectivity index (χ2v) is 6.78. The molecule has 0 radical (unpaired) electrons. The van der Waals surface area contributed by atoms with Crippen LogP contribution in [0.2, 0.25) is 0 Å². The molecule has 9 heteroatoms. The number of carbonyl (C=O) groups is 3. The fourth-order valence-electron chi connectivity index (χ4n) is 2.05. The number of rotatable bonds is 5. The Morgan fingerprint density at radius 2 is 2.25 bits per heavy atom. The van der Waals surface area contributed by atoms with Crippen molar-refractivity contribution >= 4 is 46.2 Å². The van der Waals surface area contributed by atoms with Gasteiger partial charge in [0.25, 0.3) is 17.1 Å². The molecule has 1 aromatic rings. The first-order valence-electron chi connectivity index (χ1n) is 7.17. The predicted octanol–water partition coefficient (Wildman–Crippen LogP) is 1.79. The second kappa shape index (κ2) is 7.54. The average molecular weight is 366 g/mol. The SMILES string of the molecule is O=C(NCCN1C(=O)S/C(=C\c2cccs2)C1=O)C1=COCCO1. The highest BCUT2D eigenvalue weighted by molar-refractivity contribution is 8.18. The van der Waals surface area contributed by atoms with Gasteiger partial charge in [0, 0.05) is 18.0 Å². The average Bonchev–Trinajstić information content (AvgIpc) is 3.19. The van der Waals surface area contributed by atoms with Gasteiger partial charge in [-0.15, -0.1) is 11.3 Å². The molecule has 0 unspecified atom stereocenters. The molecule has 126 valence electrons. The molecule has 24 heavy (non-hydrogen) atoms. The lowest BCUT2D eigenvalue weighted by atomic mass is 10.3. The number of imide groups is 1. The summed E-state index contributed by atoms with van der Waals surface area (Å²) in [5.41, 5.74) is 0. The number of ether oxygens (including phenoxy) is 2. The van der Waals surface area contributed by atoms with E-state index in [1.54, 1.807) is 6.08 Å². The Hall–Kier alpha value is -2.26. The fourth-order valence-corrected chi connectivity index (χ4v) is 3.64. The summed E-state index contributed by atoms with van der Waals surface area (Å²) >= 11 is 2.39. The number of nitrogens with one attached hydrogen (secondary N) is 1. The molecule has 2 aliphatic rings. The number of hydrogen-bond donors (Lipinski definition) is 1. The third-order valence-corrected chi connectivity index (χ3v) is 4.91. The van der Waals surface area contributed by atoms with Crippen molar-refractivity contribution in [1.82, 2.24) is 10.2 Å². The van der Waals surface area contributed by atoms with Crippen LogP contribution in [0, 0.1) is 0 Å². The molecule has 1 N–H and O–H groups in total. The minimum absolute atomic E-state index is 0.0907. The Kier molecular flexibility index (Phi) is 5.21. The molecule has 2 aliphatic heterocycles. The third kappa shape index (κ3) is 3.80. The summed E-state index contributed by atoms with van der Waals surface area (Å²) in [4.78, 5) is 38.5. The van der Waals surface area contributed by atoms with Gasteiger partial charge in [0.2, 0.25) is 5.76 Å². The van der Waals surface area contributed by atoms with E-state index in [0.717, 1.165) is 21.5 Å². The van der Waals surface area contributed by atoms with Crippen LogP contribution in [0.1, 0.15) is 4.88 Å².